The zero-order chi connectivity index (χ0) is 40.8. The maximum Gasteiger partial charge on any atom is 0.220 e. The van der Waals surface area contributed by atoms with Crippen LogP contribution in [0, 0.1) is 35.5 Å². The lowest BCUT2D eigenvalue weighted by molar-refractivity contribution is -0.123. The first-order valence-electron chi connectivity index (χ1n) is 22.8. The molecule has 0 fully saturated rings. The van der Waals surface area contributed by atoms with Gasteiger partial charge in [-0.1, -0.05) is 103 Å². The monoisotopic (exact) mass is 779 g/mol. The fraction of sp³-hybridized carbons (Fsp3) is 0.792. The summed E-state index contributed by atoms with van der Waals surface area (Å²) >= 11 is 0. The molecule has 1 heterocycles. The Labute approximate surface area is 344 Å². The Bertz CT molecular complexity index is 1080. The molecule has 0 atom stereocenters. The molecule has 1 rings (SSSR count). The van der Waals surface area contributed by atoms with Crippen molar-refractivity contribution in [2.24, 2.45) is 0 Å². The Morgan fingerprint density at radius 2 is 0.839 bits per heavy atom. The maximum atomic E-state index is 11.8. The molecular weight excluding hydrogens is 697 g/mol. The lowest BCUT2D eigenvalue weighted by Crippen LogP contribution is -2.34. The van der Waals surface area contributed by atoms with E-state index in [1.807, 2.05) is 13.8 Å². The van der Waals surface area contributed by atoms with Gasteiger partial charge in [0.05, 0.1) is 0 Å². The second kappa shape index (κ2) is 44.3. The summed E-state index contributed by atoms with van der Waals surface area (Å²) in [6.07, 6.45) is 34.2. The Morgan fingerprint density at radius 1 is 0.500 bits per heavy atom. The number of amides is 4. The average molecular weight is 779 g/mol. The predicted octanol–water partition coefficient (Wildman–Crippen LogP) is 9.98. The highest BCUT2D eigenvalue weighted by atomic mass is 16.2. The molecule has 0 aromatic carbocycles. The van der Waals surface area contributed by atoms with Gasteiger partial charge in [-0.25, -0.2) is 0 Å². The maximum absolute atomic E-state index is 11.8. The van der Waals surface area contributed by atoms with E-state index in [0.717, 1.165) is 77.0 Å². The van der Waals surface area contributed by atoms with Crippen molar-refractivity contribution in [2.75, 3.05) is 26.2 Å². The largest absolute Gasteiger partial charge is 0.354 e. The summed E-state index contributed by atoms with van der Waals surface area (Å²) in [5.74, 6) is 19.0. The van der Waals surface area contributed by atoms with Crippen LogP contribution >= 0.6 is 0 Å². The van der Waals surface area contributed by atoms with Crippen LogP contribution in [0.4, 0.5) is 0 Å². The number of nitrogens with one attached hydrogen (secondary N) is 4. The lowest BCUT2D eigenvalue weighted by atomic mass is 10.1. The van der Waals surface area contributed by atoms with Gasteiger partial charge in [0, 0.05) is 77.5 Å². The van der Waals surface area contributed by atoms with E-state index >= 15 is 0 Å². The normalized spacial score (nSPS) is 15.2. The molecule has 0 aromatic rings. The minimum Gasteiger partial charge on any atom is -0.354 e. The molecule has 56 heavy (non-hydrogen) atoms. The minimum atomic E-state index is 0.0902. The van der Waals surface area contributed by atoms with Crippen molar-refractivity contribution in [3.63, 3.8) is 0 Å². The number of hydrogen-bond donors (Lipinski definition) is 4. The molecule has 8 nitrogen and oxygen atoms in total. The highest BCUT2D eigenvalue weighted by molar-refractivity contribution is 5.77. The van der Waals surface area contributed by atoms with E-state index in [-0.39, 0.29) is 23.6 Å². The third kappa shape index (κ3) is 43.3. The van der Waals surface area contributed by atoms with E-state index in [9.17, 15) is 19.2 Å². The summed E-state index contributed by atoms with van der Waals surface area (Å²) in [5.41, 5.74) is 0. The van der Waals surface area contributed by atoms with Crippen LogP contribution in [0.15, 0.2) is 0 Å². The van der Waals surface area contributed by atoms with Crippen LogP contribution < -0.4 is 21.3 Å². The molecule has 0 saturated carbocycles. The molecule has 0 aromatic heterocycles. The zero-order valence-electron chi connectivity index (χ0n) is 36.1. The number of rotatable bonds is 19. The van der Waals surface area contributed by atoms with Crippen molar-refractivity contribution in [1.29, 1.82) is 0 Å². The van der Waals surface area contributed by atoms with Gasteiger partial charge in [-0.2, -0.15) is 0 Å². The van der Waals surface area contributed by atoms with Crippen molar-refractivity contribution in [2.45, 2.75) is 219 Å². The van der Waals surface area contributed by atoms with Crippen LogP contribution in [0.3, 0.4) is 0 Å². The zero-order valence-corrected chi connectivity index (χ0v) is 36.1. The van der Waals surface area contributed by atoms with Crippen molar-refractivity contribution in [3.05, 3.63) is 0 Å². The standard InChI is InChI=1S/C26H44N2O2.C22H38N2O2/c1-3-5-7-9-11-13-15-17-19-21-25(29)27-23-24-28-26(30)22-20-18-16-14-12-10-8-6-4-2;25-21-17-15-13-11-9-7-5-3-1-2-4-6-8-10-12-14-16-18-22(26)24-20-19-23-21/h7-24H2,1-2H3,(H,27,29)(H,28,30);3-20H2,(H,23,25)(H,24,26). The van der Waals surface area contributed by atoms with Crippen LogP contribution in [0.25, 0.3) is 0 Å². The van der Waals surface area contributed by atoms with Gasteiger partial charge in [-0.15, -0.1) is 35.5 Å². The van der Waals surface area contributed by atoms with Crippen LogP contribution in [0.2, 0.25) is 0 Å². The Balaban J connectivity index is 0.00000109. The van der Waals surface area contributed by atoms with Crippen LogP contribution in [-0.2, 0) is 19.2 Å². The highest BCUT2D eigenvalue weighted by Gasteiger charge is 2.05. The van der Waals surface area contributed by atoms with Crippen LogP contribution in [0.1, 0.15) is 219 Å². The van der Waals surface area contributed by atoms with E-state index in [1.165, 1.54) is 103 Å². The van der Waals surface area contributed by atoms with Crippen molar-refractivity contribution in [1.82, 2.24) is 21.3 Å². The van der Waals surface area contributed by atoms with Gasteiger partial charge in [-0.05, 0) is 65.2 Å². The summed E-state index contributed by atoms with van der Waals surface area (Å²) in [6.45, 7) is 5.87. The lowest BCUT2D eigenvalue weighted by Gasteiger charge is -2.07. The quantitative estimate of drug-likeness (QED) is 0.0772. The fourth-order valence-electron chi connectivity index (χ4n) is 6.41. The summed E-state index contributed by atoms with van der Waals surface area (Å²) < 4.78 is 0. The van der Waals surface area contributed by atoms with Gasteiger partial charge < -0.3 is 21.3 Å². The number of carbonyl (C=O) groups is 4. The number of hydrogen-bond acceptors (Lipinski definition) is 4. The molecule has 0 saturated heterocycles. The van der Waals surface area contributed by atoms with Crippen molar-refractivity contribution >= 4 is 23.6 Å². The van der Waals surface area contributed by atoms with Crippen LogP contribution in [0.5, 0.6) is 0 Å². The Morgan fingerprint density at radius 3 is 1.23 bits per heavy atom. The molecule has 318 valence electrons. The first kappa shape index (κ1) is 52.6. The molecule has 0 aliphatic carbocycles. The first-order chi connectivity index (χ1) is 27.5. The Kier molecular flexibility index (Phi) is 41.6. The van der Waals surface area contributed by atoms with Gasteiger partial charge in [-0.3, -0.25) is 19.2 Å². The molecule has 4 N–H and O–H groups in total. The molecule has 1 aliphatic rings. The molecule has 0 unspecified atom stereocenters. The van der Waals surface area contributed by atoms with Gasteiger partial charge in [0.25, 0.3) is 0 Å². The predicted molar refractivity (Wildman–Crippen MR) is 234 cm³/mol. The van der Waals surface area contributed by atoms with Crippen molar-refractivity contribution in [3.8, 4) is 35.5 Å². The van der Waals surface area contributed by atoms with E-state index < -0.39 is 0 Å². The first-order valence-corrected chi connectivity index (χ1v) is 22.8. The molecular formula is C48H82N4O4. The third-order valence-corrected chi connectivity index (χ3v) is 9.84. The fourth-order valence-corrected chi connectivity index (χ4v) is 6.41. The molecule has 8 heteroatoms. The summed E-state index contributed by atoms with van der Waals surface area (Å²) in [6, 6.07) is 0. The second-order valence-electron chi connectivity index (χ2n) is 15.1. The van der Waals surface area contributed by atoms with E-state index in [0.29, 0.717) is 51.9 Å². The molecule has 0 spiro atoms. The van der Waals surface area contributed by atoms with Gasteiger partial charge in [0.1, 0.15) is 0 Å². The SMILES string of the molecule is CC#CCCCCCCCCC(=O)NCCNC(=O)CCCCCCCCC#CC.O=C1CCCCCCCCC#CCCCCCCCCC(=O)NCCN1. The number of carbonyl (C=O) groups excluding carboxylic acids is 4. The topological polar surface area (TPSA) is 116 Å². The minimum absolute atomic E-state index is 0.0902. The van der Waals surface area contributed by atoms with Gasteiger partial charge >= 0.3 is 0 Å². The van der Waals surface area contributed by atoms with Crippen molar-refractivity contribution < 1.29 is 19.2 Å². The average Bonchev–Trinajstić information content (AvgIpc) is 3.19. The summed E-state index contributed by atoms with van der Waals surface area (Å²) in [4.78, 5) is 47.1. The van der Waals surface area contributed by atoms with Gasteiger partial charge in [0.2, 0.25) is 23.6 Å². The second-order valence-corrected chi connectivity index (χ2v) is 15.1. The molecule has 0 radical (unpaired) electrons. The summed E-state index contributed by atoms with van der Waals surface area (Å²) in [7, 11) is 0. The van der Waals surface area contributed by atoms with E-state index in [2.05, 4.69) is 56.8 Å². The van der Waals surface area contributed by atoms with E-state index in [1.54, 1.807) is 0 Å². The number of unbranched alkanes of at least 4 members (excludes halogenated alkanes) is 12. The van der Waals surface area contributed by atoms with Gasteiger partial charge in [0.15, 0.2) is 0 Å². The smallest absolute Gasteiger partial charge is 0.220 e. The third-order valence-electron chi connectivity index (χ3n) is 9.84. The molecule has 0 bridgehead atoms. The Hall–Kier alpha value is -3.44. The molecule has 4 amide bonds. The molecule has 1 aliphatic heterocycles. The van der Waals surface area contributed by atoms with Crippen LogP contribution in [-0.4, -0.2) is 49.8 Å². The highest BCUT2D eigenvalue weighted by Crippen LogP contribution is 2.11. The van der Waals surface area contributed by atoms with E-state index in [4.69, 9.17) is 0 Å². The summed E-state index contributed by atoms with van der Waals surface area (Å²) in [5, 5.41) is 11.5.